The molecule has 124 valence electrons. The van der Waals surface area contributed by atoms with Gasteiger partial charge in [-0.05, 0) is 44.3 Å². The lowest BCUT2D eigenvalue weighted by Gasteiger charge is -2.31. The van der Waals surface area contributed by atoms with Crippen LogP contribution in [0.25, 0.3) is 0 Å². The molecule has 6 heteroatoms. The minimum Gasteiger partial charge on any atom is -0.503 e. The fourth-order valence-corrected chi connectivity index (χ4v) is 4.26. The number of carbonyl (C=O) groups is 2. The predicted molar refractivity (Wildman–Crippen MR) is 89.4 cm³/mol. The highest BCUT2D eigenvalue weighted by Gasteiger charge is 2.42. The third-order valence-corrected chi connectivity index (χ3v) is 5.53. The summed E-state index contributed by atoms with van der Waals surface area (Å²) in [7, 11) is 0. The molecule has 0 aromatic carbocycles. The molecule has 1 saturated heterocycles. The zero-order valence-corrected chi connectivity index (χ0v) is 14.1. The van der Waals surface area contributed by atoms with Crippen molar-refractivity contribution in [2.24, 2.45) is 0 Å². The number of hydrogen-bond donors (Lipinski definition) is 1. The number of carbonyl (C=O) groups excluding carboxylic acids is 2. The zero-order valence-electron chi connectivity index (χ0n) is 13.3. The van der Waals surface area contributed by atoms with Crippen LogP contribution in [-0.4, -0.2) is 52.8 Å². The van der Waals surface area contributed by atoms with E-state index in [9.17, 15) is 14.7 Å². The van der Waals surface area contributed by atoms with Crippen molar-refractivity contribution in [3.05, 3.63) is 33.7 Å². The predicted octanol–water partition coefficient (Wildman–Crippen LogP) is 2.52. The SMILES string of the molecule is CC(=O)C1=C(O)C(=O)N(CCN2CCCCC2)C1c1cccs1. The molecule has 0 saturated carbocycles. The minimum absolute atomic E-state index is 0.232. The largest absolute Gasteiger partial charge is 0.503 e. The molecule has 1 aromatic heterocycles. The van der Waals surface area contributed by atoms with Crippen LogP contribution >= 0.6 is 11.3 Å². The number of aliphatic hydroxyl groups excluding tert-OH is 1. The molecule has 1 N–H and O–H groups in total. The van der Waals surface area contributed by atoms with Crippen LogP contribution in [0.1, 0.15) is 37.1 Å². The maximum Gasteiger partial charge on any atom is 0.290 e. The standard InChI is InChI=1S/C17H22N2O3S/c1-12(20)14-15(13-6-5-11-23-13)19(17(22)16(14)21)10-9-18-7-3-2-4-8-18/h5-6,11,15,21H,2-4,7-10H2,1H3. The quantitative estimate of drug-likeness (QED) is 0.899. The molecular weight excluding hydrogens is 312 g/mol. The second-order valence-corrected chi connectivity index (χ2v) is 7.12. The van der Waals surface area contributed by atoms with E-state index < -0.39 is 11.9 Å². The van der Waals surface area contributed by atoms with Crippen LogP contribution in [0.5, 0.6) is 0 Å². The molecule has 0 radical (unpaired) electrons. The van der Waals surface area contributed by atoms with Gasteiger partial charge in [0.15, 0.2) is 11.5 Å². The fourth-order valence-electron chi connectivity index (χ4n) is 3.42. The van der Waals surface area contributed by atoms with E-state index in [1.807, 2.05) is 17.5 Å². The highest BCUT2D eigenvalue weighted by atomic mass is 32.1. The van der Waals surface area contributed by atoms with Crippen LogP contribution in [0.3, 0.4) is 0 Å². The van der Waals surface area contributed by atoms with Gasteiger partial charge in [0.05, 0.1) is 11.6 Å². The Balaban J connectivity index is 1.80. The van der Waals surface area contributed by atoms with Crippen molar-refractivity contribution in [2.75, 3.05) is 26.2 Å². The summed E-state index contributed by atoms with van der Waals surface area (Å²) < 4.78 is 0. The number of hydrogen-bond acceptors (Lipinski definition) is 5. The van der Waals surface area contributed by atoms with Gasteiger partial charge in [-0.3, -0.25) is 9.59 Å². The lowest BCUT2D eigenvalue weighted by molar-refractivity contribution is -0.129. The van der Waals surface area contributed by atoms with E-state index >= 15 is 0 Å². The van der Waals surface area contributed by atoms with Crippen LogP contribution in [0.2, 0.25) is 0 Å². The van der Waals surface area contributed by atoms with Gasteiger partial charge in [-0.2, -0.15) is 0 Å². The van der Waals surface area contributed by atoms with E-state index in [1.165, 1.54) is 37.5 Å². The number of aliphatic hydroxyl groups is 1. The van der Waals surface area contributed by atoms with Crippen molar-refractivity contribution < 1.29 is 14.7 Å². The molecule has 1 unspecified atom stereocenters. The Kier molecular flexibility index (Phi) is 4.82. The molecule has 3 rings (SSSR count). The molecule has 1 aromatic rings. The van der Waals surface area contributed by atoms with Crippen LogP contribution < -0.4 is 0 Å². The van der Waals surface area contributed by atoms with Gasteiger partial charge in [-0.15, -0.1) is 11.3 Å². The van der Waals surface area contributed by atoms with E-state index in [0.717, 1.165) is 24.5 Å². The van der Waals surface area contributed by atoms with Gasteiger partial charge in [-0.25, -0.2) is 0 Å². The molecule has 2 aliphatic rings. The van der Waals surface area contributed by atoms with Crippen LogP contribution in [0.4, 0.5) is 0 Å². The Morgan fingerprint density at radius 1 is 1.30 bits per heavy atom. The molecule has 2 aliphatic heterocycles. The molecule has 1 atom stereocenters. The highest BCUT2D eigenvalue weighted by molar-refractivity contribution is 7.10. The fraction of sp³-hybridized carbons (Fsp3) is 0.529. The van der Waals surface area contributed by atoms with Crippen LogP contribution in [-0.2, 0) is 9.59 Å². The third-order valence-electron chi connectivity index (χ3n) is 4.60. The lowest BCUT2D eigenvalue weighted by atomic mass is 10.0. The maximum absolute atomic E-state index is 12.5. The highest BCUT2D eigenvalue weighted by Crippen LogP contribution is 2.39. The van der Waals surface area contributed by atoms with Crippen molar-refractivity contribution >= 4 is 23.0 Å². The molecule has 3 heterocycles. The van der Waals surface area contributed by atoms with E-state index in [1.54, 1.807) is 4.90 Å². The number of piperidine rings is 1. The first-order valence-corrected chi connectivity index (χ1v) is 8.98. The molecule has 0 bridgehead atoms. The average Bonchev–Trinajstić information content (AvgIpc) is 3.15. The van der Waals surface area contributed by atoms with Crippen molar-refractivity contribution in [3.63, 3.8) is 0 Å². The number of likely N-dealkylation sites (tertiary alicyclic amines) is 1. The number of amides is 1. The van der Waals surface area contributed by atoms with E-state index in [2.05, 4.69) is 4.90 Å². The third kappa shape index (κ3) is 3.19. The number of Topliss-reactive ketones (excluding diaryl/α,β-unsaturated/α-hetero) is 1. The summed E-state index contributed by atoms with van der Waals surface area (Å²) in [6.07, 6.45) is 3.67. The second kappa shape index (κ2) is 6.84. The number of ketones is 1. The molecule has 5 nitrogen and oxygen atoms in total. The summed E-state index contributed by atoms with van der Waals surface area (Å²) >= 11 is 1.51. The van der Waals surface area contributed by atoms with Gasteiger partial charge in [-0.1, -0.05) is 12.5 Å². The summed E-state index contributed by atoms with van der Waals surface area (Å²) in [6.45, 7) is 4.84. The summed E-state index contributed by atoms with van der Waals surface area (Å²) in [6, 6.07) is 3.38. The zero-order chi connectivity index (χ0) is 16.4. The normalized spacial score (nSPS) is 22.9. The van der Waals surface area contributed by atoms with Gasteiger partial charge in [0.2, 0.25) is 0 Å². The van der Waals surface area contributed by atoms with E-state index in [0.29, 0.717) is 6.54 Å². The summed E-state index contributed by atoms with van der Waals surface area (Å²) in [4.78, 5) is 29.3. The molecule has 23 heavy (non-hydrogen) atoms. The second-order valence-electron chi connectivity index (χ2n) is 6.14. The summed E-state index contributed by atoms with van der Waals surface area (Å²) in [5, 5.41) is 12.1. The monoisotopic (exact) mass is 334 g/mol. The van der Waals surface area contributed by atoms with Crippen molar-refractivity contribution in [1.29, 1.82) is 0 Å². The Hall–Kier alpha value is -1.66. The lowest BCUT2D eigenvalue weighted by Crippen LogP contribution is -2.40. The molecule has 1 fully saturated rings. The maximum atomic E-state index is 12.5. The van der Waals surface area contributed by atoms with Crippen molar-refractivity contribution in [1.82, 2.24) is 9.80 Å². The first-order valence-electron chi connectivity index (χ1n) is 8.10. The number of rotatable bonds is 5. The van der Waals surface area contributed by atoms with Gasteiger partial charge in [0, 0.05) is 18.0 Å². The minimum atomic E-state index is -0.440. The number of nitrogens with zero attached hydrogens (tertiary/aromatic N) is 2. The smallest absolute Gasteiger partial charge is 0.290 e. The Labute approximate surface area is 140 Å². The molecule has 1 amide bonds. The molecule has 0 aliphatic carbocycles. The van der Waals surface area contributed by atoms with Gasteiger partial charge in [0.25, 0.3) is 5.91 Å². The van der Waals surface area contributed by atoms with E-state index in [-0.39, 0.29) is 17.1 Å². The first kappa shape index (κ1) is 16.2. The Bertz CT molecular complexity index is 618. The van der Waals surface area contributed by atoms with Gasteiger partial charge >= 0.3 is 0 Å². The van der Waals surface area contributed by atoms with Gasteiger partial charge < -0.3 is 14.9 Å². The number of thiophene rings is 1. The average molecular weight is 334 g/mol. The van der Waals surface area contributed by atoms with E-state index in [4.69, 9.17) is 0 Å². The Morgan fingerprint density at radius 2 is 2.04 bits per heavy atom. The van der Waals surface area contributed by atoms with Crippen molar-refractivity contribution in [3.8, 4) is 0 Å². The molecular formula is C17H22N2O3S. The van der Waals surface area contributed by atoms with Crippen molar-refractivity contribution in [2.45, 2.75) is 32.2 Å². The van der Waals surface area contributed by atoms with Gasteiger partial charge in [0.1, 0.15) is 0 Å². The molecule has 0 spiro atoms. The summed E-state index contributed by atoms with van der Waals surface area (Å²) in [5.41, 5.74) is 0.232. The van der Waals surface area contributed by atoms with Crippen LogP contribution in [0.15, 0.2) is 28.8 Å². The topological polar surface area (TPSA) is 60.9 Å². The summed E-state index contributed by atoms with van der Waals surface area (Å²) in [5.74, 6) is -1.05. The first-order chi connectivity index (χ1) is 11.1. The van der Waals surface area contributed by atoms with Crippen LogP contribution in [0, 0.1) is 0 Å². The Morgan fingerprint density at radius 3 is 2.65 bits per heavy atom.